The van der Waals surface area contributed by atoms with Gasteiger partial charge in [0.1, 0.15) is 5.75 Å². The quantitative estimate of drug-likeness (QED) is 0.776. The van der Waals surface area contributed by atoms with Crippen LogP contribution < -0.4 is 15.2 Å². The summed E-state index contributed by atoms with van der Waals surface area (Å²) in [7, 11) is -3.94. The predicted octanol–water partition coefficient (Wildman–Crippen LogP) is 2.51. The normalized spacial score (nSPS) is 11.9. The maximum atomic E-state index is 12.3. The van der Waals surface area contributed by atoms with E-state index in [-0.39, 0.29) is 22.8 Å². The number of halogens is 3. The van der Waals surface area contributed by atoms with E-state index in [0.29, 0.717) is 11.1 Å². The van der Waals surface area contributed by atoms with Crippen molar-refractivity contribution in [3.8, 4) is 5.75 Å². The second kappa shape index (κ2) is 7.97. The van der Waals surface area contributed by atoms with Crippen molar-refractivity contribution in [1.29, 1.82) is 0 Å². The minimum Gasteiger partial charge on any atom is -0.484 e. The molecule has 0 unspecified atom stereocenters. The lowest BCUT2D eigenvalue weighted by Gasteiger charge is -2.11. The summed E-state index contributed by atoms with van der Waals surface area (Å²) < 4.78 is 63.7. The Labute approximate surface area is 154 Å². The number of sulfonamides is 1. The second-order valence-electron chi connectivity index (χ2n) is 5.75. The van der Waals surface area contributed by atoms with E-state index in [4.69, 9.17) is 5.14 Å². The smallest absolute Gasteiger partial charge is 0.422 e. The maximum Gasteiger partial charge on any atom is 0.422 e. The Morgan fingerprint density at radius 2 is 1.78 bits per heavy atom. The highest BCUT2D eigenvalue weighted by Crippen LogP contribution is 2.19. The first-order valence-electron chi connectivity index (χ1n) is 7.66. The number of ether oxygens (including phenoxy) is 1. The van der Waals surface area contributed by atoms with E-state index in [1.54, 1.807) is 6.92 Å². The number of alkyl halides is 3. The average molecular weight is 402 g/mol. The lowest BCUT2D eigenvalue weighted by molar-refractivity contribution is -0.153. The van der Waals surface area contributed by atoms with Crippen LogP contribution in [0.2, 0.25) is 0 Å². The molecule has 0 aliphatic rings. The lowest BCUT2D eigenvalue weighted by Crippen LogP contribution is -2.24. The number of nitrogens with one attached hydrogen (secondary N) is 1. The first-order valence-corrected chi connectivity index (χ1v) is 9.20. The molecular formula is C17H17F3N2O4S. The molecule has 10 heteroatoms. The molecule has 0 radical (unpaired) electrons. The molecule has 0 atom stereocenters. The van der Waals surface area contributed by atoms with Gasteiger partial charge >= 0.3 is 6.18 Å². The van der Waals surface area contributed by atoms with Crippen molar-refractivity contribution in [2.24, 2.45) is 5.14 Å². The largest absolute Gasteiger partial charge is 0.484 e. The maximum absolute atomic E-state index is 12.3. The fourth-order valence-corrected chi connectivity index (χ4v) is 2.71. The third-order valence-electron chi connectivity index (χ3n) is 3.56. The molecule has 0 saturated heterocycles. The van der Waals surface area contributed by atoms with Gasteiger partial charge in [0.25, 0.3) is 5.91 Å². The van der Waals surface area contributed by atoms with Crippen LogP contribution in [0.25, 0.3) is 0 Å². The number of aryl methyl sites for hydroxylation is 1. The van der Waals surface area contributed by atoms with E-state index in [2.05, 4.69) is 10.1 Å². The Morgan fingerprint density at radius 3 is 2.33 bits per heavy atom. The summed E-state index contributed by atoms with van der Waals surface area (Å²) in [6.45, 7) is 0.356. The lowest BCUT2D eigenvalue weighted by atomic mass is 10.1. The first kappa shape index (κ1) is 20.7. The molecule has 0 spiro atoms. The van der Waals surface area contributed by atoms with Crippen molar-refractivity contribution in [3.05, 3.63) is 59.2 Å². The summed E-state index contributed by atoms with van der Waals surface area (Å²) in [5, 5.41) is 7.68. The Bertz CT molecular complexity index is 926. The fourth-order valence-electron chi connectivity index (χ4n) is 2.17. The van der Waals surface area contributed by atoms with Crippen LogP contribution in [0.1, 0.15) is 21.5 Å². The molecule has 27 heavy (non-hydrogen) atoms. The summed E-state index contributed by atoms with van der Waals surface area (Å²) in [6, 6.07) is 9.72. The van der Waals surface area contributed by atoms with Crippen LogP contribution in [0.3, 0.4) is 0 Å². The van der Waals surface area contributed by atoms with E-state index in [1.807, 2.05) is 0 Å². The van der Waals surface area contributed by atoms with Gasteiger partial charge in [-0.1, -0.05) is 18.2 Å². The van der Waals surface area contributed by atoms with E-state index in [9.17, 15) is 26.4 Å². The third-order valence-corrected chi connectivity index (χ3v) is 4.47. The zero-order valence-corrected chi connectivity index (χ0v) is 15.0. The van der Waals surface area contributed by atoms with Gasteiger partial charge in [-0.15, -0.1) is 0 Å². The highest BCUT2D eigenvalue weighted by atomic mass is 32.2. The standard InChI is InChI=1S/C17H17F3N2O4S/c1-11-2-7-14(27(21,24)25)8-15(11)16(23)22-9-12-3-5-13(6-4-12)26-10-17(18,19)20/h2-8H,9-10H2,1H3,(H,22,23)(H2,21,24,25). The number of primary sulfonamides is 1. The van der Waals surface area contributed by atoms with Crippen LogP contribution in [0.5, 0.6) is 5.75 Å². The molecule has 0 bridgehead atoms. The van der Waals surface area contributed by atoms with E-state index < -0.39 is 28.7 Å². The van der Waals surface area contributed by atoms with E-state index in [1.165, 1.54) is 42.5 Å². The Hall–Kier alpha value is -2.59. The van der Waals surface area contributed by atoms with Crippen molar-refractivity contribution in [1.82, 2.24) is 5.32 Å². The Kier molecular flexibility index (Phi) is 6.11. The van der Waals surface area contributed by atoms with E-state index >= 15 is 0 Å². The number of benzene rings is 2. The Balaban J connectivity index is 2.01. The zero-order chi connectivity index (χ0) is 20.2. The van der Waals surface area contributed by atoms with Crippen LogP contribution in [-0.4, -0.2) is 27.1 Å². The monoisotopic (exact) mass is 402 g/mol. The highest BCUT2D eigenvalue weighted by Gasteiger charge is 2.28. The zero-order valence-electron chi connectivity index (χ0n) is 14.2. The molecule has 1 amide bonds. The summed E-state index contributed by atoms with van der Waals surface area (Å²) in [5.41, 5.74) is 1.35. The molecule has 2 aromatic carbocycles. The summed E-state index contributed by atoms with van der Waals surface area (Å²) in [5.74, 6) is -0.450. The van der Waals surface area contributed by atoms with Gasteiger partial charge in [0.05, 0.1) is 4.90 Å². The van der Waals surface area contributed by atoms with Gasteiger partial charge in [-0.25, -0.2) is 13.6 Å². The van der Waals surface area contributed by atoms with Crippen molar-refractivity contribution < 1.29 is 31.1 Å². The summed E-state index contributed by atoms with van der Waals surface area (Å²) >= 11 is 0. The molecule has 0 fully saturated rings. The first-order chi connectivity index (χ1) is 12.5. The van der Waals surface area contributed by atoms with Gasteiger partial charge < -0.3 is 10.1 Å². The molecule has 146 valence electrons. The van der Waals surface area contributed by atoms with Crippen molar-refractivity contribution in [2.45, 2.75) is 24.5 Å². The van der Waals surface area contributed by atoms with Crippen LogP contribution in [0.15, 0.2) is 47.4 Å². The molecule has 3 N–H and O–H groups in total. The molecule has 0 heterocycles. The van der Waals surface area contributed by atoms with E-state index in [0.717, 1.165) is 0 Å². The number of carbonyl (C=O) groups is 1. The number of rotatable bonds is 6. The minimum atomic E-state index is -4.42. The van der Waals surface area contributed by atoms with Crippen LogP contribution >= 0.6 is 0 Å². The SMILES string of the molecule is Cc1ccc(S(N)(=O)=O)cc1C(=O)NCc1ccc(OCC(F)(F)F)cc1. The fraction of sp³-hybridized carbons (Fsp3) is 0.235. The number of hydrogen-bond donors (Lipinski definition) is 2. The van der Waals surface area contributed by atoms with Crippen LogP contribution in [0, 0.1) is 6.92 Å². The minimum absolute atomic E-state index is 0.0547. The predicted molar refractivity (Wildman–Crippen MR) is 91.7 cm³/mol. The second-order valence-corrected chi connectivity index (χ2v) is 7.31. The topological polar surface area (TPSA) is 98.5 Å². The van der Waals surface area contributed by atoms with Crippen molar-refractivity contribution in [2.75, 3.05) is 6.61 Å². The molecular weight excluding hydrogens is 385 g/mol. The van der Waals surface area contributed by atoms with Crippen LogP contribution in [0.4, 0.5) is 13.2 Å². The summed E-state index contributed by atoms with van der Waals surface area (Å²) in [4.78, 5) is 12.1. The van der Waals surface area contributed by atoms with Gasteiger partial charge in [-0.3, -0.25) is 4.79 Å². The van der Waals surface area contributed by atoms with Gasteiger partial charge in [0, 0.05) is 12.1 Å². The molecule has 0 aliphatic heterocycles. The number of carbonyl (C=O) groups excluding carboxylic acids is 1. The number of hydrogen-bond acceptors (Lipinski definition) is 4. The Morgan fingerprint density at radius 1 is 1.15 bits per heavy atom. The molecule has 6 nitrogen and oxygen atoms in total. The van der Waals surface area contributed by atoms with Crippen molar-refractivity contribution >= 4 is 15.9 Å². The molecule has 0 aliphatic carbocycles. The molecule has 2 aromatic rings. The van der Waals surface area contributed by atoms with Gasteiger partial charge in [-0.2, -0.15) is 13.2 Å². The van der Waals surface area contributed by atoms with Gasteiger partial charge in [0.2, 0.25) is 10.0 Å². The average Bonchev–Trinajstić information content (AvgIpc) is 2.57. The summed E-state index contributed by atoms with van der Waals surface area (Å²) in [6.07, 6.45) is -4.42. The molecule has 2 rings (SSSR count). The van der Waals surface area contributed by atoms with Crippen molar-refractivity contribution in [3.63, 3.8) is 0 Å². The number of amides is 1. The number of nitrogens with two attached hydrogens (primary N) is 1. The van der Waals surface area contributed by atoms with Gasteiger partial charge in [0.15, 0.2) is 6.61 Å². The van der Waals surface area contributed by atoms with Gasteiger partial charge in [-0.05, 0) is 42.3 Å². The highest BCUT2D eigenvalue weighted by molar-refractivity contribution is 7.89. The molecule has 0 saturated carbocycles. The molecule has 0 aromatic heterocycles. The van der Waals surface area contributed by atoms with Crippen LogP contribution in [-0.2, 0) is 16.6 Å². The third kappa shape index (κ3) is 6.26.